The zero-order chi connectivity index (χ0) is 90.5. The third-order valence-corrected chi connectivity index (χ3v) is 28.2. The summed E-state index contributed by atoms with van der Waals surface area (Å²) in [4.78, 5) is 5.54. The Morgan fingerprint density at radius 1 is 0.215 bits per heavy atom. The third-order valence-electron chi connectivity index (χ3n) is 28.2. The summed E-state index contributed by atoms with van der Waals surface area (Å²) in [6.07, 6.45) is 0. The van der Waals surface area contributed by atoms with Crippen LogP contribution in [0.2, 0.25) is 0 Å². The van der Waals surface area contributed by atoms with Crippen LogP contribution in [-0.4, -0.2) is 15.8 Å². The lowest BCUT2D eigenvalue weighted by Gasteiger charge is -2.46. The van der Waals surface area contributed by atoms with Crippen LogP contribution in [0.3, 0.4) is 0 Å². The zero-order valence-electron chi connectivity index (χ0n) is 79.5. The van der Waals surface area contributed by atoms with Crippen LogP contribution in [0, 0.1) is 0 Å². The molecule has 642 valence electrons. The second-order valence-corrected chi connectivity index (χ2v) is 44.2. The van der Waals surface area contributed by atoms with Gasteiger partial charge in [0.15, 0.2) is 0 Å². The van der Waals surface area contributed by atoms with Crippen LogP contribution in [0.1, 0.15) is 184 Å². The Bertz CT molecular complexity index is 7560. The first-order valence-electron chi connectivity index (χ1n) is 46.8. The molecule has 6 heteroatoms. The van der Waals surface area contributed by atoms with Gasteiger partial charge in [0.05, 0.1) is 33.4 Å². The molecule has 0 radical (unpaired) electrons. The number of nitrogens with zero attached hydrogens (tertiary/aromatic N) is 4. The van der Waals surface area contributed by atoms with Crippen LogP contribution in [0.5, 0.6) is 0 Å². The summed E-state index contributed by atoms with van der Waals surface area (Å²) in [6.45, 7) is 49.2. The Balaban J connectivity index is 0.954. The molecule has 0 amide bonds. The molecule has 2 aliphatic rings. The molecule has 19 aromatic rings. The summed E-state index contributed by atoms with van der Waals surface area (Å²) in [7, 11) is 0. The number of furan rings is 1. The fourth-order valence-corrected chi connectivity index (χ4v) is 20.7. The molecule has 0 aliphatic carbocycles. The molecular formula is C124H117BN4O. The van der Waals surface area contributed by atoms with Gasteiger partial charge < -0.3 is 23.4 Å². The van der Waals surface area contributed by atoms with Crippen LogP contribution in [0.25, 0.3) is 144 Å². The molecule has 0 bridgehead atoms. The highest BCUT2D eigenvalue weighted by Gasteiger charge is 2.47. The minimum Gasteiger partial charge on any atom is -0.455 e. The van der Waals surface area contributed by atoms with Crippen LogP contribution < -0.4 is 26.2 Å². The van der Waals surface area contributed by atoms with Crippen LogP contribution in [0.15, 0.2) is 332 Å². The molecule has 0 atom stereocenters. The van der Waals surface area contributed by atoms with Gasteiger partial charge in [-0.25, -0.2) is 0 Å². The maximum atomic E-state index is 7.43. The van der Waals surface area contributed by atoms with Gasteiger partial charge >= 0.3 is 0 Å². The van der Waals surface area contributed by atoms with Gasteiger partial charge in [-0.3, -0.25) is 0 Å². The van der Waals surface area contributed by atoms with Crippen molar-refractivity contribution < 1.29 is 4.42 Å². The van der Waals surface area contributed by atoms with Crippen molar-refractivity contribution in [2.24, 2.45) is 0 Å². The molecule has 0 saturated heterocycles. The summed E-state index contributed by atoms with van der Waals surface area (Å²) in [6, 6.07) is 127. The van der Waals surface area contributed by atoms with E-state index in [4.69, 9.17) is 4.42 Å². The first-order valence-corrected chi connectivity index (χ1v) is 46.8. The van der Waals surface area contributed by atoms with Gasteiger partial charge in [0.1, 0.15) is 11.2 Å². The monoisotopic (exact) mass is 1690 g/mol. The first kappa shape index (κ1) is 83.5. The minimum atomic E-state index is -0.426. The van der Waals surface area contributed by atoms with E-state index in [0.717, 1.165) is 134 Å². The third kappa shape index (κ3) is 14.1. The van der Waals surface area contributed by atoms with Crippen LogP contribution in [-0.2, 0) is 37.9 Å². The summed E-state index contributed by atoms with van der Waals surface area (Å²) >= 11 is 0. The van der Waals surface area contributed by atoms with Gasteiger partial charge in [-0.2, -0.15) is 0 Å². The number of rotatable bonds is 10. The SMILES string of the molecule is CC(C)(C)c1ccc(-c2cc(C(C)(C)C)cc(-c3cccc4c3oc3ccccc34)c2N2c3cc(-n4c5ccc(C(C)(C)C)cc5c5cc(C(C)(C)C)ccc54)ccc3B3c4ccc(-n5c6ccc(C(C)(C)C)cc6c6cc(C(C)(C)C)ccc65)cc4N(c4c(-c5cccc(-c6ccccc6)c5)cccc4-c4cccc(-c5ccccc5)c4)c4cc(C(C)(C)C)cc2c43)cc1. The molecule has 5 nitrogen and oxygen atoms in total. The van der Waals surface area contributed by atoms with Crippen molar-refractivity contribution >= 4 is 123 Å². The average Bonchev–Trinajstić information content (AvgIpc) is 0.690. The second-order valence-electron chi connectivity index (χ2n) is 44.2. The molecule has 0 fully saturated rings. The quantitative estimate of drug-likeness (QED) is 0.128. The van der Waals surface area contributed by atoms with E-state index in [-0.39, 0.29) is 39.2 Å². The number of hydrogen-bond donors (Lipinski definition) is 0. The van der Waals surface area contributed by atoms with Crippen molar-refractivity contribution in [2.75, 3.05) is 9.80 Å². The summed E-state index contributed by atoms with van der Waals surface area (Å²) in [5, 5.41) is 7.16. The summed E-state index contributed by atoms with van der Waals surface area (Å²) < 4.78 is 12.6. The van der Waals surface area contributed by atoms with E-state index in [1.807, 2.05) is 0 Å². The number of benzene rings is 16. The normalized spacial score (nSPS) is 13.4. The van der Waals surface area contributed by atoms with Gasteiger partial charge in [0.25, 0.3) is 6.71 Å². The second kappa shape index (κ2) is 30.1. The highest BCUT2D eigenvalue weighted by molar-refractivity contribution is 7.00. The van der Waals surface area contributed by atoms with Gasteiger partial charge in [0, 0.05) is 94.3 Å². The van der Waals surface area contributed by atoms with E-state index in [0.29, 0.717) is 0 Å². The fourth-order valence-electron chi connectivity index (χ4n) is 20.7. The van der Waals surface area contributed by atoms with Crippen LogP contribution in [0.4, 0.5) is 34.1 Å². The molecule has 0 saturated carbocycles. The largest absolute Gasteiger partial charge is 0.455 e. The molecule has 2 aliphatic heterocycles. The molecule has 16 aromatic carbocycles. The smallest absolute Gasteiger partial charge is 0.252 e. The topological polar surface area (TPSA) is 29.5 Å². The lowest BCUT2D eigenvalue weighted by molar-refractivity contribution is 0.590. The Labute approximate surface area is 768 Å². The minimum absolute atomic E-state index is 0.0945. The zero-order valence-corrected chi connectivity index (χ0v) is 79.5. The standard InChI is InChI=1S/C124H117BN4O/c1-118(2,3)83-50-48-78(49-51-83)97-70-88(123(16,17)18)71-102(96-46-33-45-95-94-42-28-29-47-113(94)130-117(95)96)116(97)129-110-75-91(127-107-62-54-86(121(10,11)12)68-100(107)101-69-87(122(13,14)15)55-63-108(101)127)57-59-104(110)125-103-58-56-90(126-105-60-52-84(119(4,5)6)66-98(105)99-67-85(120(7,8)9)53-61-106(99)126)74-109(103)128(111-72-89(124(19,20)21)73-112(129)114(111)125)115-92(81-40-30-38-79(64-81)76-34-24-22-25-35-76)43-32-44-93(115)82-41-31-39-80(65-82)77-36-26-23-27-37-77/h22-75H,1-21H3. The number of fused-ring (bicyclic) bond motifs is 13. The van der Waals surface area contributed by atoms with E-state index in [2.05, 4.69) is 492 Å². The predicted molar refractivity (Wildman–Crippen MR) is 560 cm³/mol. The fraction of sp³-hybridized carbons (Fsp3) is 0.226. The van der Waals surface area contributed by atoms with Crippen molar-refractivity contribution in [1.82, 2.24) is 9.13 Å². The van der Waals surface area contributed by atoms with Gasteiger partial charge in [-0.05, 0) is 247 Å². The molecular weight excluding hydrogens is 1570 g/mol. The predicted octanol–water partition coefficient (Wildman–Crippen LogP) is 32.9. The summed E-state index contributed by atoms with van der Waals surface area (Å²) in [5.41, 5.74) is 39.9. The van der Waals surface area contributed by atoms with Crippen molar-refractivity contribution in [3.63, 3.8) is 0 Å². The Hall–Kier alpha value is -13.4. The van der Waals surface area contributed by atoms with Gasteiger partial charge in [-0.15, -0.1) is 0 Å². The maximum absolute atomic E-state index is 7.43. The molecule has 0 N–H and O–H groups in total. The molecule has 130 heavy (non-hydrogen) atoms. The Morgan fingerprint density at radius 2 is 0.562 bits per heavy atom. The van der Waals surface area contributed by atoms with E-state index in [1.54, 1.807) is 0 Å². The van der Waals surface area contributed by atoms with E-state index >= 15 is 0 Å². The number of para-hydroxylation sites is 3. The summed E-state index contributed by atoms with van der Waals surface area (Å²) in [5.74, 6) is 0. The lowest BCUT2D eigenvalue weighted by Crippen LogP contribution is -2.61. The molecule has 0 spiro atoms. The maximum Gasteiger partial charge on any atom is 0.252 e. The number of hydrogen-bond acceptors (Lipinski definition) is 3. The highest BCUT2D eigenvalue weighted by Crippen LogP contribution is 2.57. The lowest BCUT2D eigenvalue weighted by atomic mass is 9.33. The average molecular weight is 1690 g/mol. The highest BCUT2D eigenvalue weighted by atomic mass is 16.3. The van der Waals surface area contributed by atoms with E-state index in [1.165, 1.54) is 98.9 Å². The number of anilines is 6. The van der Waals surface area contributed by atoms with E-state index in [9.17, 15) is 0 Å². The Morgan fingerprint density at radius 3 is 0.992 bits per heavy atom. The molecule has 21 rings (SSSR count). The molecule has 0 unspecified atom stereocenters. The van der Waals surface area contributed by atoms with Crippen molar-refractivity contribution in [2.45, 2.75) is 183 Å². The van der Waals surface area contributed by atoms with Gasteiger partial charge in [0.2, 0.25) is 0 Å². The first-order chi connectivity index (χ1) is 61.9. The Kier molecular flexibility index (Phi) is 19.3. The van der Waals surface area contributed by atoms with Crippen LogP contribution >= 0.6 is 0 Å². The van der Waals surface area contributed by atoms with E-state index < -0.39 is 5.41 Å². The van der Waals surface area contributed by atoms with Crippen molar-refractivity contribution in [1.29, 1.82) is 0 Å². The number of aromatic nitrogens is 2. The van der Waals surface area contributed by atoms with Crippen molar-refractivity contribution in [3.05, 3.63) is 367 Å². The van der Waals surface area contributed by atoms with Gasteiger partial charge in [-0.1, -0.05) is 358 Å². The molecule has 3 aromatic heterocycles. The molecule has 5 heterocycles. The van der Waals surface area contributed by atoms with Crippen molar-refractivity contribution in [3.8, 4) is 78.1 Å².